The van der Waals surface area contributed by atoms with Crippen LogP contribution < -0.4 is 0 Å². The molecule has 5 heteroatoms. The summed E-state index contributed by atoms with van der Waals surface area (Å²) < 4.78 is 5.61. The van der Waals surface area contributed by atoms with Gasteiger partial charge in [0.25, 0.3) is 0 Å². The van der Waals surface area contributed by atoms with Crippen molar-refractivity contribution in [2.45, 2.75) is 20.8 Å². The molecule has 18 heavy (non-hydrogen) atoms. The molecule has 1 rings (SSSR count). The Kier molecular flexibility index (Phi) is 5.39. The van der Waals surface area contributed by atoms with E-state index in [9.17, 15) is 4.79 Å². The Morgan fingerprint density at radius 1 is 1.39 bits per heavy atom. The number of carbonyl (C=O) groups excluding carboxylic acids is 1. The van der Waals surface area contributed by atoms with Crippen LogP contribution in [0.25, 0.3) is 0 Å². The van der Waals surface area contributed by atoms with Gasteiger partial charge in [-0.15, -0.1) is 0 Å². The van der Waals surface area contributed by atoms with Gasteiger partial charge in [-0.25, -0.2) is 0 Å². The first kappa shape index (κ1) is 15.2. The molecule has 0 aliphatic carbocycles. The molecule has 1 aromatic carbocycles. The second-order valence-electron chi connectivity index (χ2n) is 4.24. The van der Waals surface area contributed by atoms with Gasteiger partial charge in [-0.3, -0.25) is 0 Å². The molecule has 0 N–H and O–H groups in total. The van der Waals surface area contributed by atoms with Crippen molar-refractivity contribution in [2.24, 2.45) is 10.4 Å². The number of rotatable bonds is 4. The van der Waals surface area contributed by atoms with Gasteiger partial charge in [0.05, 0.1) is 0 Å². The number of hydrogen-bond donors (Lipinski definition) is 0. The molecule has 97 valence electrons. The van der Waals surface area contributed by atoms with E-state index in [0.717, 1.165) is 5.69 Å². The Hall–Kier alpha value is -0.831. The minimum atomic E-state index is -0.782. The number of ether oxygens (including phenoxy) is 1. The number of halogens is 1. The van der Waals surface area contributed by atoms with E-state index in [-0.39, 0.29) is 5.97 Å². The fourth-order valence-electron chi connectivity index (χ4n) is 1.17. The van der Waals surface area contributed by atoms with E-state index in [0.29, 0.717) is 16.2 Å². The molecule has 0 aromatic heterocycles. The van der Waals surface area contributed by atoms with Gasteiger partial charge in [0.2, 0.25) is 0 Å². The van der Waals surface area contributed by atoms with Crippen LogP contribution in [0.15, 0.2) is 29.3 Å². The molecule has 0 atom stereocenters. The van der Waals surface area contributed by atoms with Crippen LogP contribution in [0.4, 0.5) is 5.69 Å². The van der Waals surface area contributed by atoms with Crippen molar-refractivity contribution in [3.8, 4) is 0 Å². The molecule has 0 bridgehead atoms. The average molecular weight is 332 g/mol. The van der Waals surface area contributed by atoms with Crippen LogP contribution in [0.2, 0.25) is 5.02 Å². The van der Waals surface area contributed by atoms with Gasteiger partial charge in [-0.2, -0.15) is 0 Å². The Bertz CT molecular complexity index is 455. The van der Waals surface area contributed by atoms with Gasteiger partial charge in [0.1, 0.15) is 0 Å². The van der Waals surface area contributed by atoms with Crippen LogP contribution in [0.1, 0.15) is 20.8 Å². The van der Waals surface area contributed by atoms with E-state index < -0.39 is 5.41 Å². The molecule has 1 aromatic rings. The van der Waals surface area contributed by atoms with E-state index in [1.165, 1.54) is 0 Å². The van der Waals surface area contributed by atoms with E-state index in [1.807, 2.05) is 0 Å². The summed E-state index contributed by atoms with van der Waals surface area (Å²) in [6.45, 7) is 5.69. The van der Waals surface area contributed by atoms with Crippen molar-refractivity contribution < 1.29 is 9.53 Å². The molecule has 0 saturated heterocycles. The van der Waals surface area contributed by atoms with Gasteiger partial charge < -0.3 is 0 Å². The summed E-state index contributed by atoms with van der Waals surface area (Å²) in [6, 6.07) is 7.10. The van der Waals surface area contributed by atoms with E-state index in [2.05, 4.69) is 21.0 Å². The SMILES string of the molecule is CCOC(=O)C(C)(C)C([Se])=Nc1ccc(Cl)cc1. The van der Waals surface area contributed by atoms with Gasteiger partial charge in [-0.05, 0) is 0 Å². The predicted molar refractivity (Wildman–Crippen MR) is 74.7 cm³/mol. The van der Waals surface area contributed by atoms with Crippen molar-refractivity contribution in [3.63, 3.8) is 0 Å². The number of benzene rings is 1. The Morgan fingerprint density at radius 3 is 2.44 bits per heavy atom. The minimum absolute atomic E-state index is 0.295. The van der Waals surface area contributed by atoms with Crippen molar-refractivity contribution in [3.05, 3.63) is 29.3 Å². The summed E-state index contributed by atoms with van der Waals surface area (Å²) in [6.07, 6.45) is 0. The topological polar surface area (TPSA) is 38.7 Å². The fraction of sp³-hybridized carbons (Fsp3) is 0.385. The first-order valence-corrected chi connectivity index (χ1v) is 6.80. The number of aliphatic imine (C=N–C) groups is 1. The third-order valence-electron chi connectivity index (χ3n) is 2.38. The van der Waals surface area contributed by atoms with Crippen molar-refractivity contribution in [1.82, 2.24) is 0 Å². The standard InChI is InChI=1S/C13H15ClNO2Se/c1-4-17-12(16)13(2,3)11(18)15-10-7-5-9(14)6-8-10/h5-8H,4H2,1-3H3. The van der Waals surface area contributed by atoms with Gasteiger partial charge >= 0.3 is 120 Å². The molecule has 3 nitrogen and oxygen atoms in total. The molecule has 0 spiro atoms. The predicted octanol–water partition coefficient (Wildman–Crippen LogP) is 3.13. The van der Waals surface area contributed by atoms with Gasteiger partial charge in [-0.1, -0.05) is 0 Å². The maximum absolute atomic E-state index is 11.8. The molecule has 0 fully saturated rings. The van der Waals surface area contributed by atoms with Crippen LogP contribution in [0.5, 0.6) is 0 Å². The first-order valence-electron chi connectivity index (χ1n) is 5.57. The Morgan fingerprint density at radius 2 is 1.94 bits per heavy atom. The third-order valence-corrected chi connectivity index (χ3v) is 3.89. The van der Waals surface area contributed by atoms with Crippen molar-refractivity contribution in [1.29, 1.82) is 0 Å². The molecule has 0 aliphatic heterocycles. The summed E-state index contributed by atoms with van der Waals surface area (Å²) in [4.78, 5) is 16.2. The molecule has 0 aliphatic rings. The molecule has 0 saturated carbocycles. The summed E-state index contributed by atoms with van der Waals surface area (Å²) in [5, 5.41) is 0.653. The second kappa shape index (κ2) is 6.37. The quantitative estimate of drug-likeness (QED) is 0.483. The molecule has 0 unspecified atom stereocenters. The molecule has 0 amide bonds. The van der Waals surface area contributed by atoms with Crippen molar-refractivity contribution in [2.75, 3.05) is 6.61 Å². The number of nitrogens with zero attached hydrogens (tertiary/aromatic N) is 1. The Labute approximate surface area is 120 Å². The zero-order valence-corrected chi connectivity index (χ0v) is 13.0. The first-order chi connectivity index (χ1) is 8.37. The van der Waals surface area contributed by atoms with E-state index in [4.69, 9.17) is 16.3 Å². The van der Waals surface area contributed by atoms with Crippen molar-refractivity contribution >= 4 is 43.9 Å². The monoisotopic (exact) mass is 332 g/mol. The van der Waals surface area contributed by atoms with Gasteiger partial charge in [0.15, 0.2) is 0 Å². The number of esters is 1. The number of carbonyl (C=O) groups is 1. The molecule has 0 heterocycles. The summed E-state index contributed by atoms with van der Waals surface area (Å²) in [5.74, 6) is -0.295. The third kappa shape index (κ3) is 3.84. The normalized spacial score (nSPS) is 12.3. The summed E-state index contributed by atoms with van der Waals surface area (Å²) >= 11 is 8.64. The molecular formula is C13H15ClNO2Se. The average Bonchev–Trinajstić information content (AvgIpc) is 2.32. The van der Waals surface area contributed by atoms with E-state index in [1.54, 1.807) is 45.0 Å². The Balaban J connectivity index is 2.94. The maximum atomic E-state index is 11.8. The van der Waals surface area contributed by atoms with Crippen LogP contribution >= 0.6 is 11.6 Å². The zero-order valence-electron chi connectivity index (χ0n) is 10.6. The number of hydrogen-bond acceptors (Lipinski definition) is 3. The zero-order chi connectivity index (χ0) is 13.8. The summed E-state index contributed by atoms with van der Waals surface area (Å²) in [7, 11) is 0. The second-order valence-corrected chi connectivity index (χ2v) is 5.49. The van der Waals surface area contributed by atoms with E-state index >= 15 is 0 Å². The van der Waals surface area contributed by atoms with Gasteiger partial charge in [0, 0.05) is 0 Å². The van der Waals surface area contributed by atoms with Crippen LogP contribution in [-0.4, -0.2) is 33.2 Å². The molecular weight excluding hydrogens is 317 g/mol. The molecule has 1 radical (unpaired) electrons. The fourth-order valence-corrected chi connectivity index (χ4v) is 1.69. The summed E-state index contributed by atoms with van der Waals surface area (Å²) in [5.41, 5.74) is -0.0409. The van der Waals surface area contributed by atoms with Crippen LogP contribution in [0, 0.1) is 5.41 Å². The van der Waals surface area contributed by atoms with Crippen LogP contribution in [0.3, 0.4) is 0 Å². The van der Waals surface area contributed by atoms with Crippen LogP contribution in [-0.2, 0) is 9.53 Å².